The van der Waals surface area contributed by atoms with Crippen molar-refractivity contribution in [3.8, 4) is 10.6 Å². The molecule has 0 spiro atoms. The van der Waals surface area contributed by atoms with Crippen LogP contribution in [0.5, 0.6) is 0 Å². The van der Waals surface area contributed by atoms with Gasteiger partial charge in [0.15, 0.2) is 0 Å². The highest BCUT2D eigenvalue weighted by Gasteiger charge is 2.33. The first-order valence-corrected chi connectivity index (χ1v) is 14.4. The lowest BCUT2D eigenvalue weighted by molar-refractivity contribution is -0.138. The molecule has 33 heavy (non-hydrogen) atoms. The lowest BCUT2D eigenvalue weighted by atomic mass is 9.96. The second-order valence-electron chi connectivity index (χ2n) is 8.95. The number of hydrogen-bond acceptors (Lipinski definition) is 6. The Hall–Kier alpha value is -1.81. The van der Waals surface area contributed by atoms with E-state index >= 15 is 0 Å². The molecule has 2 aliphatic rings. The average molecular weight is 491 g/mol. The van der Waals surface area contributed by atoms with Gasteiger partial charge in [0.25, 0.3) is 0 Å². The highest BCUT2D eigenvalue weighted by Crippen LogP contribution is 2.25. The first-order chi connectivity index (χ1) is 16.0. The van der Waals surface area contributed by atoms with E-state index in [1.165, 1.54) is 0 Å². The first kappa shape index (κ1) is 24.3. The van der Waals surface area contributed by atoms with Gasteiger partial charge in [-0.15, -0.1) is 11.3 Å². The molecule has 0 radical (unpaired) electrons. The van der Waals surface area contributed by atoms with Crippen LogP contribution in [-0.4, -0.2) is 78.4 Å². The van der Waals surface area contributed by atoms with Crippen LogP contribution in [0, 0.1) is 5.92 Å². The van der Waals surface area contributed by atoms with Crippen molar-refractivity contribution < 1.29 is 13.2 Å². The number of thiazole rings is 1. The van der Waals surface area contributed by atoms with E-state index in [1.807, 2.05) is 30.0 Å². The number of nitrogens with zero attached hydrogens (tertiary/aromatic N) is 4. The van der Waals surface area contributed by atoms with E-state index < -0.39 is 10.0 Å². The van der Waals surface area contributed by atoms with Gasteiger partial charge in [-0.05, 0) is 19.3 Å². The van der Waals surface area contributed by atoms with E-state index in [0.29, 0.717) is 32.4 Å². The van der Waals surface area contributed by atoms with Crippen LogP contribution in [0.4, 0.5) is 0 Å². The SMILES string of the molecule is CCCCS(=O)(=O)N1CCC(C(=O)N2CCN(Cc3csc(-c4ccccc4)n3)CC2)CC1. The van der Waals surface area contributed by atoms with Crippen LogP contribution in [0.25, 0.3) is 10.6 Å². The van der Waals surface area contributed by atoms with E-state index in [4.69, 9.17) is 4.98 Å². The molecule has 1 aromatic heterocycles. The van der Waals surface area contributed by atoms with Crippen LogP contribution in [0.15, 0.2) is 35.7 Å². The standard InChI is InChI=1S/C24H34N4O3S2/c1-2-3-17-33(30,31)28-11-9-21(10-12-28)24(29)27-15-13-26(14-16-27)18-22-19-32-23(25-22)20-7-5-4-6-8-20/h4-8,19,21H,2-3,9-18H2,1H3. The zero-order valence-electron chi connectivity index (χ0n) is 19.4. The Kier molecular flexibility index (Phi) is 8.16. The van der Waals surface area contributed by atoms with Crippen molar-refractivity contribution >= 4 is 27.3 Å². The average Bonchev–Trinajstić information content (AvgIpc) is 3.32. The minimum absolute atomic E-state index is 0.0545. The van der Waals surface area contributed by atoms with Crippen molar-refractivity contribution in [2.24, 2.45) is 5.92 Å². The number of benzene rings is 1. The highest BCUT2D eigenvalue weighted by molar-refractivity contribution is 7.89. The highest BCUT2D eigenvalue weighted by atomic mass is 32.2. The number of rotatable bonds is 8. The third-order valence-electron chi connectivity index (χ3n) is 6.59. The molecular formula is C24H34N4O3S2. The molecule has 180 valence electrons. The molecule has 0 aliphatic carbocycles. The predicted octanol–water partition coefficient (Wildman–Crippen LogP) is 3.30. The molecule has 2 saturated heterocycles. The fraction of sp³-hybridized carbons (Fsp3) is 0.583. The van der Waals surface area contributed by atoms with Gasteiger partial charge in [0.2, 0.25) is 15.9 Å². The largest absolute Gasteiger partial charge is 0.340 e. The molecule has 0 bridgehead atoms. The van der Waals surface area contributed by atoms with Crippen LogP contribution in [0.1, 0.15) is 38.3 Å². The third kappa shape index (κ3) is 6.20. The first-order valence-electron chi connectivity index (χ1n) is 11.9. The summed E-state index contributed by atoms with van der Waals surface area (Å²) in [5.41, 5.74) is 2.23. The van der Waals surface area contributed by atoms with E-state index in [2.05, 4.69) is 22.4 Å². The molecule has 1 aromatic carbocycles. The van der Waals surface area contributed by atoms with Crippen LogP contribution in [-0.2, 0) is 21.4 Å². The van der Waals surface area contributed by atoms with E-state index in [0.717, 1.165) is 55.4 Å². The fourth-order valence-electron chi connectivity index (χ4n) is 4.54. The van der Waals surface area contributed by atoms with Gasteiger partial charge in [0.1, 0.15) is 5.01 Å². The van der Waals surface area contributed by atoms with E-state index in [9.17, 15) is 13.2 Å². The number of piperazine rings is 1. The maximum atomic E-state index is 13.0. The third-order valence-corrected chi connectivity index (χ3v) is 9.49. The molecule has 2 aliphatic heterocycles. The van der Waals surface area contributed by atoms with Crippen molar-refractivity contribution in [3.63, 3.8) is 0 Å². The molecule has 0 unspecified atom stereocenters. The zero-order chi connectivity index (χ0) is 23.3. The zero-order valence-corrected chi connectivity index (χ0v) is 21.0. The van der Waals surface area contributed by atoms with Gasteiger partial charge < -0.3 is 4.90 Å². The lowest BCUT2D eigenvalue weighted by Gasteiger charge is -2.38. The van der Waals surface area contributed by atoms with Gasteiger partial charge in [-0.2, -0.15) is 0 Å². The summed E-state index contributed by atoms with van der Waals surface area (Å²) in [6.07, 6.45) is 2.83. The van der Waals surface area contributed by atoms with Gasteiger partial charge in [0.05, 0.1) is 11.4 Å². The van der Waals surface area contributed by atoms with Crippen LogP contribution in [0.2, 0.25) is 0 Å². The van der Waals surface area contributed by atoms with Crippen molar-refractivity contribution in [2.45, 2.75) is 39.2 Å². The van der Waals surface area contributed by atoms with Gasteiger partial charge in [-0.3, -0.25) is 9.69 Å². The number of carbonyl (C=O) groups is 1. The summed E-state index contributed by atoms with van der Waals surface area (Å²) in [5, 5.41) is 3.17. The summed E-state index contributed by atoms with van der Waals surface area (Å²) in [6, 6.07) is 10.2. The monoisotopic (exact) mass is 490 g/mol. The number of unbranched alkanes of at least 4 members (excludes halogenated alkanes) is 1. The summed E-state index contributed by atoms with van der Waals surface area (Å²) in [6.45, 7) is 6.87. The molecule has 7 nitrogen and oxygen atoms in total. The fourth-order valence-corrected chi connectivity index (χ4v) is 7.04. The Bertz CT molecular complexity index is 1010. The maximum absolute atomic E-state index is 13.0. The Morgan fingerprint density at radius 2 is 1.76 bits per heavy atom. The molecular weight excluding hydrogens is 456 g/mol. The summed E-state index contributed by atoms with van der Waals surface area (Å²) >= 11 is 1.67. The number of hydrogen-bond donors (Lipinski definition) is 0. The van der Waals surface area contributed by atoms with Crippen LogP contribution in [0.3, 0.4) is 0 Å². The van der Waals surface area contributed by atoms with Crippen molar-refractivity contribution in [3.05, 3.63) is 41.4 Å². The quantitative estimate of drug-likeness (QED) is 0.568. The number of aromatic nitrogens is 1. The van der Waals surface area contributed by atoms with E-state index in [-0.39, 0.29) is 17.6 Å². The molecule has 0 atom stereocenters. The van der Waals surface area contributed by atoms with Crippen molar-refractivity contribution in [1.82, 2.24) is 19.1 Å². The Morgan fingerprint density at radius 3 is 2.42 bits per heavy atom. The number of piperidine rings is 1. The molecule has 2 aromatic rings. The number of carbonyl (C=O) groups excluding carboxylic acids is 1. The van der Waals surface area contributed by atoms with Crippen molar-refractivity contribution in [1.29, 1.82) is 0 Å². The normalized spacial score (nSPS) is 19.1. The number of amides is 1. The molecule has 0 saturated carbocycles. The smallest absolute Gasteiger partial charge is 0.225 e. The van der Waals surface area contributed by atoms with Gasteiger partial charge in [0, 0.05) is 62.7 Å². The molecule has 3 heterocycles. The molecule has 0 N–H and O–H groups in total. The van der Waals surface area contributed by atoms with Gasteiger partial charge in [-0.25, -0.2) is 17.7 Å². The maximum Gasteiger partial charge on any atom is 0.225 e. The van der Waals surface area contributed by atoms with Crippen molar-refractivity contribution in [2.75, 3.05) is 45.0 Å². The van der Waals surface area contributed by atoms with Crippen LogP contribution >= 0.6 is 11.3 Å². The second kappa shape index (κ2) is 11.1. The Labute approximate surface area is 201 Å². The van der Waals surface area contributed by atoms with Crippen LogP contribution < -0.4 is 0 Å². The minimum Gasteiger partial charge on any atom is -0.340 e. The van der Waals surface area contributed by atoms with E-state index in [1.54, 1.807) is 15.6 Å². The summed E-state index contributed by atoms with van der Waals surface area (Å²) in [5.74, 6) is 0.358. The minimum atomic E-state index is -3.18. The summed E-state index contributed by atoms with van der Waals surface area (Å²) in [7, 11) is -3.18. The molecule has 9 heteroatoms. The molecule has 4 rings (SSSR count). The summed E-state index contributed by atoms with van der Waals surface area (Å²) in [4.78, 5) is 22.2. The van der Waals surface area contributed by atoms with Gasteiger partial charge in [-0.1, -0.05) is 43.7 Å². The Morgan fingerprint density at radius 1 is 1.06 bits per heavy atom. The topological polar surface area (TPSA) is 73.8 Å². The van der Waals surface area contributed by atoms with Gasteiger partial charge >= 0.3 is 0 Å². The lowest BCUT2D eigenvalue weighted by Crippen LogP contribution is -2.51. The number of sulfonamides is 1. The molecule has 1 amide bonds. The molecule has 2 fully saturated rings. The second-order valence-corrected chi connectivity index (χ2v) is 11.9. The summed E-state index contributed by atoms with van der Waals surface area (Å²) < 4.78 is 26.4. The Balaban J connectivity index is 1.22. The predicted molar refractivity (Wildman–Crippen MR) is 132 cm³/mol.